The third-order valence-corrected chi connectivity index (χ3v) is 21.9. The van der Waals surface area contributed by atoms with Crippen molar-refractivity contribution in [3.05, 3.63) is 102 Å². The summed E-state index contributed by atoms with van der Waals surface area (Å²) in [6, 6.07) is 25.1. The molecule has 9 heteroatoms. The maximum absolute atomic E-state index is 11.0. The number of carbonyl (C=O) groups is 3. The van der Waals surface area contributed by atoms with Crippen LogP contribution >= 0.6 is 0 Å². The van der Waals surface area contributed by atoms with Gasteiger partial charge in [-0.15, -0.1) is 0 Å². The van der Waals surface area contributed by atoms with Gasteiger partial charge in [0.25, 0.3) is 0 Å². The van der Waals surface area contributed by atoms with E-state index in [2.05, 4.69) is 374 Å². The monoisotopic (exact) mass is 1750 g/mol. The number of carbonyl (C=O) groups excluding carboxylic acids is 3. The molecule has 0 spiro atoms. The van der Waals surface area contributed by atoms with Crippen LogP contribution in [-0.4, -0.2) is 81.0 Å². The molecule has 0 saturated heterocycles. The number of amides is 1. The highest BCUT2D eigenvalue weighted by atomic mass is 16.5. The van der Waals surface area contributed by atoms with Crippen LogP contribution in [0, 0.1) is 100 Å². The van der Waals surface area contributed by atoms with E-state index in [9.17, 15) is 14.4 Å². The second-order valence-corrected chi connectivity index (χ2v) is 42.6. The molecule has 0 bridgehead atoms. The number of ether oxygens (including phenoxy) is 4. The average molecular weight is 1760 g/mol. The molecule has 1 aliphatic carbocycles. The predicted octanol–water partition coefficient (Wildman–Crippen LogP) is 37.2. The van der Waals surface area contributed by atoms with Crippen molar-refractivity contribution in [2.75, 3.05) is 42.0 Å². The fourth-order valence-corrected chi connectivity index (χ4v) is 10.0. The molecule has 1 amide bonds. The quantitative estimate of drug-likeness (QED) is 0.0463. The number of benzene rings is 2. The van der Waals surface area contributed by atoms with Crippen molar-refractivity contribution in [1.82, 2.24) is 9.88 Å². The van der Waals surface area contributed by atoms with Crippen molar-refractivity contribution in [2.24, 2.45) is 100 Å². The van der Waals surface area contributed by atoms with Crippen molar-refractivity contribution in [1.29, 1.82) is 0 Å². The van der Waals surface area contributed by atoms with Gasteiger partial charge in [-0.3, -0.25) is 19.4 Å². The largest absolute Gasteiger partial charge is 0.469 e. The molecule has 1 fully saturated rings. The molecule has 4 rings (SSSR count). The van der Waals surface area contributed by atoms with Crippen LogP contribution in [0.5, 0.6) is 0 Å². The van der Waals surface area contributed by atoms with Gasteiger partial charge in [0, 0.05) is 59.5 Å². The molecule has 1 saturated carbocycles. The maximum Gasteiger partial charge on any atom is 0.305 e. The zero-order valence-electron chi connectivity index (χ0n) is 93.0. The molecule has 0 unspecified atom stereocenters. The lowest BCUT2D eigenvalue weighted by Gasteiger charge is -2.28. The standard InChI is InChI=1S/C10H20.C9H13N.C9H18O2.2C9H12.C8H17NO.C8H18O.C8H18.C7H14O2.C7H16O.2C7H16.2C6H14.C4H10.CH4/c1-9(2)8-10-6-4-3-5-7-10;1-8(2)6-9-4-3-5-10-7-9;1-8(2)6-4-5-7-9(10)11-3;2*1-8(2)9-6-4-3-5-7-9;1-7(2)5-6-8(10)9(3)4;1-6-9-8(4,5)7(2)3;1-5-8(6-2)7(3)4;1-6(2)4-5-7(8)9-3;1-6(2)7(3,4)8-5;1-6(2)7(3,4)5;1-4-5-6-7(2)3;1-5(2)6(3)4;1-4-5-6(2)3;1-4(2)3;/h9-10H,3-8H2,1-2H3;3-5,7-8H,6H2,1-2H3;8H,4-7H2,1-3H3;2*3-8H,1-2H3;7H,5-6H2,1-4H3;7H,6H2,1-5H3;7-8H,5-6H2,1-4H3;6H,4-5H2,1-3H3;6H,1-5H3;6H,1-5H3;7H,4-6H2,1-3H3;5-6H,1-4H3;6H,4-5H2,1-3H3;4H,1-3H3;1H4. The lowest BCUT2D eigenvalue weighted by Crippen LogP contribution is -2.30. The number of esters is 2. The first-order chi connectivity index (χ1) is 56.6. The highest BCUT2D eigenvalue weighted by molar-refractivity contribution is 5.75. The molecule has 0 atom stereocenters. The minimum Gasteiger partial charge on any atom is -0.469 e. The van der Waals surface area contributed by atoms with Crippen molar-refractivity contribution < 1.29 is 33.3 Å². The van der Waals surface area contributed by atoms with E-state index in [0.29, 0.717) is 60.2 Å². The van der Waals surface area contributed by atoms with E-state index in [1.54, 1.807) is 26.1 Å². The van der Waals surface area contributed by atoms with Crippen molar-refractivity contribution in [2.45, 2.75) is 483 Å². The number of unbranched alkanes of at least 4 members (excludes halogenated alkanes) is 2. The van der Waals surface area contributed by atoms with Crippen LogP contribution < -0.4 is 0 Å². The van der Waals surface area contributed by atoms with E-state index in [1.165, 1.54) is 121 Å². The number of pyridine rings is 1. The molecular weight excluding hydrogens is 1520 g/mol. The zero-order valence-corrected chi connectivity index (χ0v) is 93.0. The Morgan fingerprint density at radius 2 is 0.790 bits per heavy atom. The number of hydrogen-bond acceptors (Lipinski definition) is 8. The third-order valence-electron chi connectivity index (χ3n) is 21.9. The van der Waals surface area contributed by atoms with Gasteiger partial charge in [-0.2, -0.15) is 0 Å². The van der Waals surface area contributed by atoms with Gasteiger partial charge in [-0.25, -0.2) is 0 Å². The molecule has 0 radical (unpaired) electrons. The molecule has 124 heavy (non-hydrogen) atoms. The van der Waals surface area contributed by atoms with Crippen LogP contribution in [0.3, 0.4) is 0 Å². The summed E-state index contributed by atoms with van der Waals surface area (Å²) in [6.45, 7) is 100. The number of methoxy groups -OCH3 is 3. The normalized spacial score (nSPS) is 11.6. The summed E-state index contributed by atoms with van der Waals surface area (Å²) in [4.78, 5) is 37.8. The van der Waals surface area contributed by atoms with Crippen molar-refractivity contribution >= 4 is 17.8 Å². The van der Waals surface area contributed by atoms with Gasteiger partial charge in [0.15, 0.2) is 0 Å². The zero-order chi connectivity index (χ0) is 98.6. The number of hydrogen-bond donors (Lipinski definition) is 0. The first-order valence-corrected chi connectivity index (χ1v) is 50.2. The van der Waals surface area contributed by atoms with Gasteiger partial charge in [-0.1, -0.05) is 441 Å². The van der Waals surface area contributed by atoms with Crippen LogP contribution in [0.2, 0.25) is 0 Å². The van der Waals surface area contributed by atoms with Crippen LogP contribution in [0.1, 0.15) is 482 Å². The Hall–Kier alpha value is -4.08. The van der Waals surface area contributed by atoms with Gasteiger partial charge >= 0.3 is 11.9 Å². The summed E-state index contributed by atoms with van der Waals surface area (Å²) in [5.41, 5.74) is 4.75. The Balaban J connectivity index is -0.000000109. The molecule has 744 valence electrons. The van der Waals surface area contributed by atoms with E-state index in [4.69, 9.17) is 9.47 Å². The highest BCUT2D eigenvalue weighted by Gasteiger charge is 2.22. The third kappa shape index (κ3) is 126. The summed E-state index contributed by atoms with van der Waals surface area (Å²) < 4.78 is 19.7. The number of aromatic nitrogens is 1. The van der Waals surface area contributed by atoms with Gasteiger partial charge in [0.05, 0.1) is 25.4 Å². The second-order valence-electron chi connectivity index (χ2n) is 42.6. The first kappa shape index (κ1) is 146. The topological polar surface area (TPSA) is 104 Å². The molecule has 1 heterocycles. The summed E-state index contributed by atoms with van der Waals surface area (Å²) in [7, 11) is 8.19. The van der Waals surface area contributed by atoms with Crippen LogP contribution in [0.15, 0.2) is 85.2 Å². The molecule has 0 N–H and O–H groups in total. The smallest absolute Gasteiger partial charge is 0.305 e. The van der Waals surface area contributed by atoms with E-state index < -0.39 is 0 Å². The highest BCUT2D eigenvalue weighted by Crippen LogP contribution is 2.29. The fraction of sp³-hybridized carbons (Fsp3) is 0.826. The Labute approximate surface area is 783 Å². The van der Waals surface area contributed by atoms with Gasteiger partial charge in [0.2, 0.25) is 5.91 Å². The lowest BCUT2D eigenvalue weighted by atomic mass is 9.84. The maximum atomic E-state index is 11.0. The van der Waals surface area contributed by atoms with Crippen molar-refractivity contribution in [3.8, 4) is 0 Å². The molecule has 3 aromatic rings. The SMILES string of the molecule is C.CC(C)C.CC(C)C(C)(C)C.CC(C)C(C)C.CC(C)CC1CCCCC1.CC(C)CCC(=O)N(C)C.CC(C)Cc1cccnc1.CC(C)c1ccccc1.CC(C)c1ccccc1.CCC(CC)C(C)C.CCCC(C)C.CCCCC(C)C.CCOC(C)(C)C(C)C.COC(=O)CCC(C)C.COC(=O)CCCCC(C)C.COC(C)(C)C(C)C. The average Bonchev–Trinajstić information content (AvgIpc) is 0.908. The Morgan fingerprint density at radius 3 is 1.00 bits per heavy atom. The van der Waals surface area contributed by atoms with Gasteiger partial charge in [0.1, 0.15) is 0 Å². The molecule has 2 aromatic carbocycles. The summed E-state index contributed by atoms with van der Waals surface area (Å²) >= 11 is 0. The molecular formula is C115H232N2O7. The Kier molecular flexibility index (Phi) is 113. The Morgan fingerprint density at radius 1 is 0.419 bits per heavy atom. The first-order valence-electron chi connectivity index (χ1n) is 50.2. The molecule has 0 aliphatic heterocycles. The lowest BCUT2D eigenvalue weighted by molar-refractivity contribution is -0.141. The van der Waals surface area contributed by atoms with E-state index in [1.807, 2.05) is 37.5 Å². The van der Waals surface area contributed by atoms with E-state index >= 15 is 0 Å². The number of rotatable bonds is 31. The molecule has 1 aromatic heterocycles. The molecule has 9 nitrogen and oxygen atoms in total. The van der Waals surface area contributed by atoms with Crippen molar-refractivity contribution in [3.63, 3.8) is 0 Å². The molecule has 1 aliphatic rings. The van der Waals surface area contributed by atoms with Gasteiger partial charge < -0.3 is 23.8 Å². The predicted molar refractivity (Wildman–Crippen MR) is 565 cm³/mol. The van der Waals surface area contributed by atoms with Crippen LogP contribution in [0.4, 0.5) is 0 Å². The van der Waals surface area contributed by atoms with Crippen LogP contribution in [0.25, 0.3) is 0 Å². The van der Waals surface area contributed by atoms with Crippen LogP contribution in [-0.2, 0) is 39.8 Å². The summed E-state index contributed by atoms with van der Waals surface area (Å²) in [5.74, 6) is 14.2. The minimum atomic E-state index is -0.108. The summed E-state index contributed by atoms with van der Waals surface area (Å²) in [6.07, 6.45) is 30.4. The number of nitrogens with zero attached hydrogens (tertiary/aromatic N) is 2. The Bertz CT molecular complexity index is 2470. The second kappa shape index (κ2) is 96.5. The van der Waals surface area contributed by atoms with Gasteiger partial charge in [-0.05, 0) is 201 Å². The minimum absolute atomic E-state index is 0. The summed E-state index contributed by atoms with van der Waals surface area (Å²) in [5, 5.41) is 0. The van der Waals surface area contributed by atoms with E-state index in [0.717, 1.165) is 110 Å². The fourth-order valence-electron chi connectivity index (χ4n) is 10.0. The van der Waals surface area contributed by atoms with E-state index in [-0.39, 0.29) is 36.5 Å².